The number of ether oxygens (including phenoxy) is 1. The molecule has 1 N–H and O–H groups in total. The highest BCUT2D eigenvalue weighted by molar-refractivity contribution is 6.32. The number of aromatic nitrogens is 2. The Labute approximate surface area is 131 Å². The molecule has 0 saturated heterocycles. The third kappa shape index (κ3) is 3.77. The van der Waals surface area contributed by atoms with E-state index in [9.17, 15) is 0 Å². The zero-order valence-corrected chi connectivity index (χ0v) is 13.7. The van der Waals surface area contributed by atoms with Crippen molar-refractivity contribution in [3.63, 3.8) is 0 Å². The number of nitrogens with zero attached hydrogens (tertiary/aromatic N) is 2. The van der Waals surface area contributed by atoms with Crippen molar-refractivity contribution in [2.75, 3.05) is 7.05 Å². The summed E-state index contributed by atoms with van der Waals surface area (Å²) in [6.07, 6.45) is 0.922. The molecule has 1 unspecified atom stereocenters. The zero-order chi connectivity index (χ0) is 15.4. The van der Waals surface area contributed by atoms with E-state index in [0.717, 1.165) is 23.4 Å². The summed E-state index contributed by atoms with van der Waals surface area (Å²) in [6.45, 7) is 4.64. The molecule has 1 aromatic carbocycles. The number of hydrogen-bond donors (Lipinski definition) is 1. The summed E-state index contributed by atoms with van der Waals surface area (Å²) in [5, 5.41) is 8.23. The molecule has 0 aliphatic carbocycles. The average molecular weight is 308 g/mol. The van der Waals surface area contributed by atoms with Crippen LogP contribution in [0.3, 0.4) is 0 Å². The van der Waals surface area contributed by atoms with Crippen molar-refractivity contribution in [2.24, 2.45) is 7.05 Å². The van der Waals surface area contributed by atoms with Crippen LogP contribution in [0.25, 0.3) is 0 Å². The van der Waals surface area contributed by atoms with E-state index in [1.807, 2.05) is 37.0 Å². The van der Waals surface area contributed by atoms with Gasteiger partial charge in [0.1, 0.15) is 12.4 Å². The number of aryl methyl sites for hydroxylation is 2. The molecule has 1 atom stereocenters. The molecule has 0 fully saturated rings. The van der Waals surface area contributed by atoms with Crippen LogP contribution >= 0.6 is 11.6 Å². The monoisotopic (exact) mass is 307 g/mol. The van der Waals surface area contributed by atoms with Gasteiger partial charge in [-0.1, -0.05) is 24.6 Å². The number of rotatable bonds is 6. The fraction of sp³-hybridized carbons (Fsp3) is 0.438. The van der Waals surface area contributed by atoms with E-state index in [-0.39, 0.29) is 6.04 Å². The van der Waals surface area contributed by atoms with Crippen molar-refractivity contribution in [1.82, 2.24) is 15.1 Å². The normalized spacial score (nSPS) is 12.4. The van der Waals surface area contributed by atoms with Gasteiger partial charge in [-0.15, -0.1) is 0 Å². The summed E-state index contributed by atoms with van der Waals surface area (Å²) in [5.41, 5.74) is 3.25. The summed E-state index contributed by atoms with van der Waals surface area (Å²) < 4.78 is 7.67. The van der Waals surface area contributed by atoms with Crippen LogP contribution in [0.15, 0.2) is 24.3 Å². The first-order chi connectivity index (χ1) is 10.0. The lowest BCUT2D eigenvalue weighted by Gasteiger charge is -2.13. The Morgan fingerprint density at radius 2 is 2.14 bits per heavy atom. The van der Waals surface area contributed by atoms with Crippen LogP contribution in [0.5, 0.6) is 5.75 Å². The van der Waals surface area contributed by atoms with Crippen molar-refractivity contribution in [1.29, 1.82) is 0 Å². The minimum atomic E-state index is 0.265. The van der Waals surface area contributed by atoms with Crippen LogP contribution in [-0.2, 0) is 20.1 Å². The molecule has 21 heavy (non-hydrogen) atoms. The van der Waals surface area contributed by atoms with Crippen LogP contribution in [0.2, 0.25) is 5.02 Å². The van der Waals surface area contributed by atoms with Gasteiger partial charge in [-0.25, -0.2) is 0 Å². The maximum absolute atomic E-state index is 6.29. The minimum Gasteiger partial charge on any atom is -0.486 e. The van der Waals surface area contributed by atoms with Crippen molar-refractivity contribution < 1.29 is 4.74 Å². The first-order valence-electron chi connectivity index (χ1n) is 7.16. The predicted octanol–water partition coefficient (Wildman–Crippen LogP) is 3.50. The highest BCUT2D eigenvalue weighted by atomic mass is 35.5. The molecule has 0 amide bonds. The molecule has 0 bridgehead atoms. The van der Waals surface area contributed by atoms with Gasteiger partial charge in [0, 0.05) is 13.1 Å². The second-order valence-corrected chi connectivity index (χ2v) is 5.50. The molecule has 1 heterocycles. The Kier molecular flexibility index (Phi) is 5.26. The quantitative estimate of drug-likeness (QED) is 0.888. The van der Waals surface area contributed by atoms with E-state index < -0.39 is 0 Å². The zero-order valence-electron chi connectivity index (χ0n) is 13.0. The number of halogens is 1. The molecular weight excluding hydrogens is 286 g/mol. The van der Waals surface area contributed by atoms with Crippen LogP contribution in [0.1, 0.15) is 36.8 Å². The molecule has 5 heteroatoms. The predicted molar refractivity (Wildman–Crippen MR) is 85.8 cm³/mol. The number of nitrogens with one attached hydrogen (secondary N) is 1. The van der Waals surface area contributed by atoms with E-state index in [4.69, 9.17) is 16.3 Å². The second kappa shape index (κ2) is 6.96. The van der Waals surface area contributed by atoms with Gasteiger partial charge in [-0.2, -0.15) is 5.10 Å². The van der Waals surface area contributed by atoms with Gasteiger partial charge in [0.05, 0.1) is 16.4 Å². The topological polar surface area (TPSA) is 39.1 Å². The minimum absolute atomic E-state index is 0.265. The van der Waals surface area contributed by atoms with Crippen LogP contribution in [-0.4, -0.2) is 16.8 Å². The van der Waals surface area contributed by atoms with E-state index in [2.05, 4.69) is 30.3 Å². The van der Waals surface area contributed by atoms with Gasteiger partial charge in [-0.05, 0) is 44.2 Å². The number of benzene rings is 1. The third-order valence-electron chi connectivity index (χ3n) is 3.65. The molecule has 0 aliphatic heterocycles. The van der Waals surface area contributed by atoms with E-state index in [1.165, 1.54) is 0 Å². The summed E-state index contributed by atoms with van der Waals surface area (Å²) in [5.74, 6) is 0.697. The maximum atomic E-state index is 6.29. The molecule has 0 saturated carbocycles. The van der Waals surface area contributed by atoms with Crippen LogP contribution in [0, 0.1) is 0 Å². The fourth-order valence-electron chi connectivity index (χ4n) is 2.10. The highest BCUT2D eigenvalue weighted by Gasteiger charge is 2.09. The standard InChI is InChI=1S/C16H22ClN3O/c1-5-13-9-14(20(4)19-13)10-21-16-7-6-12(8-15(16)17)11(2)18-3/h6-9,11,18H,5,10H2,1-4H3. The Morgan fingerprint density at radius 1 is 1.38 bits per heavy atom. The Bertz CT molecular complexity index is 610. The van der Waals surface area contributed by atoms with Crippen LogP contribution < -0.4 is 10.1 Å². The van der Waals surface area contributed by atoms with Crippen molar-refractivity contribution in [3.05, 3.63) is 46.2 Å². The second-order valence-electron chi connectivity index (χ2n) is 5.09. The van der Waals surface area contributed by atoms with Crippen molar-refractivity contribution >= 4 is 11.6 Å². The maximum Gasteiger partial charge on any atom is 0.138 e. The molecule has 0 radical (unpaired) electrons. The van der Waals surface area contributed by atoms with Crippen molar-refractivity contribution in [2.45, 2.75) is 32.9 Å². The van der Waals surface area contributed by atoms with Gasteiger partial charge in [-0.3, -0.25) is 4.68 Å². The molecule has 2 rings (SSSR count). The lowest BCUT2D eigenvalue weighted by molar-refractivity contribution is 0.295. The largest absolute Gasteiger partial charge is 0.486 e. The van der Waals surface area contributed by atoms with Gasteiger partial charge in [0.2, 0.25) is 0 Å². The molecule has 0 aliphatic rings. The first-order valence-corrected chi connectivity index (χ1v) is 7.54. The molecule has 2 aromatic rings. The Hall–Kier alpha value is -1.52. The van der Waals surface area contributed by atoms with Crippen molar-refractivity contribution in [3.8, 4) is 5.75 Å². The van der Waals surface area contributed by atoms with Gasteiger partial charge in [0.25, 0.3) is 0 Å². The lowest BCUT2D eigenvalue weighted by Crippen LogP contribution is -2.12. The summed E-state index contributed by atoms with van der Waals surface area (Å²) in [7, 11) is 3.86. The van der Waals surface area contributed by atoms with Gasteiger partial charge >= 0.3 is 0 Å². The SMILES string of the molecule is CCc1cc(COc2ccc(C(C)NC)cc2Cl)n(C)n1. The smallest absolute Gasteiger partial charge is 0.138 e. The molecule has 114 valence electrons. The van der Waals surface area contributed by atoms with E-state index in [1.54, 1.807) is 0 Å². The summed E-state index contributed by atoms with van der Waals surface area (Å²) >= 11 is 6.29. The highest BCUT2D eigenvalue weighted by Crippen LogP contribution is 2.28. The third-order valence-corrected chi connectivity index (χ3v) is 3.95. The molecule has 0 spiro atoms. The fourth-order valence-corrected chi connectivity index (χ4v) is 2.34. The van der Waals surface area contributed by atoms with Crippen LogP contribution in [0.4, 0.5) is 0 Å². The first kappa shape index (κ1) is 15.9. The molecule has 1 aromatic heterocycles. The van der Waals surface area contributed by atoms with E-state index >= 15 is 0 Å². The van der Waals surface area contributed by atoms with Gasteiger partial charge in [0.15, 0.2) is 0 Å². The average Bonchev–Trinajstić information content (AvgIpc) is 2.85. The molecule has 4 nitrogen and oxygen atoms in total. The Morgan fingerprint density at radius 3 is 2.71 bits per heavy atom. The molecular formula is C16H22ClN3O. The lowest BCUT2D eigenvalue weighted by atomic mass is 10.1. The number of hydrogen-bond acceptors (Lipinski definition) is 3. The van der Waals surface area contributed by atoms with E-state index in [0.29, 0.717) is 17.4 Å². The Balaban J connectivity index is 2.07. The van der Waals surface area contributed by atoms with Gasteiger partial charge < -0.3 is 10.1 Å². The summed E-state index contributed by atoms with van der Waals surface area (Å²) in [6, 6.07) is 8.22. The summed E-state index contributed by atoms with van der Waals surface area (Å²) in [4.78, 5) is 0.